The van der Waals surface area contributed by atoms with E-state index in [1.807, 2.05) is 12.1 Å². The Hall–Kier alpha value is -0.620. The molecular weight excluding hydrogens is 308 g/mol. The van der Waals surface area contributed by atoms with Gasteiger partial charge < -0.3 is 5.73 Å². The fourth-order valence-corrected chi connectivity index (χ4v) is 3.43. The Bertz CT molecular complexity index is 501. The zero-order chi connectivity index (χ0) is 15.2. The van der Waals surface area contributed by atoms with Gasteiger partial charge >= 0.3 is 0 Å². The van der Waals surface area contributed by atoms with E-state index in [9.17, 15) is 8.42 Å². The molecule has 0 saturated heterocycles. The van der Waals surface area contributed by atoms with Crippen LogP contribution in [0, 0.1) is 5.92 Å². The lowest BCUT2D eigenvalue weighted by atomic mass is 10.1. The molecule has 0 spiro atoms. The van der Waals surface area contributed by atoms with Crippen LogP contribution >= 0.6 is 12.4 Å². The largest absolute Gasteiger partial charge is 0.329 e. The second kappa shape index (κ2) is 9.41. The first-order valence-corrected chi connectivity index (χ1v) is 8.68. The fraction of sp³-hybridized carbons (Fsp3) is 0.600. The van der Waals surface area contributed by atoms with Crippen molar-refractivity contribution in [3.05, 3.63) is 29.8 Å². The van der Waals surface area contributed by atoms with E-state index in [0.717, 1.165) is 24.8 Å². The number of nitrogens with two attached hydrogens (primary N) is 1. The summed E-state index contributed by atoms with van der Waals surface area (Å²) >= 11 is 0. The van der Waals surface area contributed by atoms with Gasteiger partial charge in [0, 0.05) is 12.6 Å². The van der Waals surface area contributed by atoms with E-state index >= 15 is 0 Å². The SMILES string of the molecule is CCCc1ccc(S(=O)(=O)NC(CN)CC(C)C)cc1.Cl. The summed E-state index contributed by atoms with van der Waals surface area (Å²) in [7, 11) is -3.48. The standard InChI is InChI=1S/C15H26N2O2S.ClH/c1-4-5-13-6-8-15(9-7-13)20(18,19)17-14(11-16)10-12(2)3;/h6-9,12,14,17H,4-5,10-11,16H2,1-3H3;1H. The molecular formula is C15H27ClN2O2S. The van der Waals surface area contributed by atoms with Gasteiger partial charge in [0.05, 0.1) is 4.90 Å². The fourth-order valence-electron chi connectivity index (χ4n) is 2.17. The molecule has 1 aromatic carbocycles. The van der Waals surface area contributed by atoms with E-state index in [4.69, 9.17) is 5.73 Å². The van der Waals surface area contributed by atoms with Crippen molar-refractivity contribution in [3.63, 3.8) is 0 Å². The van der Waals surface area contributed by atoms with Crippen LogP contribution in [0.3, 0.4) is 0 Å². The number of rotatable bonds is 8. The van der Waals surface area contributed by atoms with Gasteiger partial charge in [-0.15, -0.1) is 12.4 Å². The molecule has 1 rings (SSSR count). The lowest BCUT2D eigenvalue weighted by molar-refractivity contribution is 0.465. The Morgan fingerprint density at radius 1 is 1.19 bits per heavy atom. The highest BCUT2D eigenvalue weighted by Gasteiger charge is 2.19. The van der Waals surface area contributed by atoms with Gasteiger partial charge in [0.15, 0.2) is 0 Å². The van der Waals surface area contributed by atoms with E-state index in [2.05, 4.69) is 25.5 Å². The molecule has 6 heteroatoms. The Morgan fingerprint density at radius 2 is 1.76 bits per heavy atom. The Morgan fingerprint density at radius 3 is 2.19 bits per heavy atom. The predicted molar refractivity (Wildman–Crippen MR) is 90.3 cm³/mol. The van der Waals surface area contributed by atoms with Crippen molar-refractivity contribution in [3.8, 4) is 0 Å². The molecule has 4 nitrogen and oxygen atoms in total. The van der Waals surface area contributed by atoms with Crippen LogP contribution in [0.2, 0.25) is 0 Å². The van der Waals surface area contributed by atoms with E-state index in [-0.39, 0.29) is 18.4 Å². The number of sulfonamides is 1. The van der Waals surface area contributed by atoms with Crippen LogP contribution in [0.25, 0.3) is 0 Å². The van der Waals surface area contributed by atoms with E-state index < -0.39 is 10.0 Å². The summed E-state index contributed by atoms with van der Waals surface area (Å²) in [6, 6.07) is 6.86. The van der Waals surface area contributed by atoms with Gasteiger partial charge in [0.2, 0.25) is 10.0 Å². The van der Waals surface area contributed by atoms with Crippen molar-refractivity contribution in [2.75, 3.05) is 6.54 Å². The Balaban J connectivity index is 0.00000400. The molecule has 0 amide bonds. The van der Waals surface area contributed by atoms with Gasteiger partial charge in [-0.2, -0.15) is 0 Å². The molecule has 0 aliphatic rings. The van der Waals surface area contributed by atoms with E-state index in [1.165, 1.54) is 0 Å². The maximum absolute atomic E-state index is 12.3. The van der Waals surface area contributed by atoms with Crippen LogP contribution in [-0.2, 0) is 16.4 Å². The van der Waals surface area contributed by atoms with E-state index in [0.29, 0.717) is 17.4 Å². The molecule has 0 radical (unpaired) electrons. The van der Waals surface area contributed by atoms with Crippen LogP contribution < -0.4 is 10.5 Å². The van der Waals surface area contributed by atoms with Crippen LogP contribution in [-0.4, -0.2) is 21.0 Å². The lowest BCUT2D eigenvalue weighted by Crippen LogP contribution is -2.40. The zero-order valence-electron chi connectivity index (χ0n) is 13.0. The molecule has 122 valence electrons. The maximum atomic E-state index is 12.3. The summed E-state index contributed by atoms with van der Waals surface area (Å²) in [6.07, 6.45) is 2.75. The van der Waals surface area contributed by atoms with Gasteiger partial charge in [-0.1, -0.05) is 39.3 Å². The Labute approximate surface area is 135 Å². The smallest absolute Gasteiger partial charge is 0.240 e. The average molecular weight is 335 g/mol. The van der Waals surface area contributed by atoms with Gasteiger partial charge in [-0.25, -0.2) is 13.1 Å². The molecule has 0 heterocycles. The lowest BCUT2D eigenvalue weighted by Gasteiger charge is -2.18. The monoisotopic (exact) mass is 334 g/mol. The summed E-state index contributed by atoms with van der Waals surface area (Å²) in [5.41, 5.74) is 6.80. The first-order valence-electron chi connectivity index (χ1n) is 7.20. The van der Waals surface area contributed by atoms with Crippen LogP contribution in [0.5, 0.6) is 0 Å². The highest BCUT2D eigenvalue weighted by atomic mass is 35.5. The normalized spacial score (nSPS) is 13.0. The summed E-state index contributed by atoms with van der Waals surface area (Å²) in [5, 5.41) is 0. The summed E-state index contributed by atoms with van der Waals surface area (Å²) in [4.78, 5) is 0.305. The minimum Gasteiger partial charge on any atom is -0.329 e. The van der Waals surface area contributed by atoms with Gasteiger partial charge in [0.25, 0.3) is 0 Å². The molecule has 0 aliphatic carbocycles. The second-order valence-electron chi connectivity index (χ2n) is 5.58. The number of benzene rings is 1. The highest BCUT2D eigenvalue weighted by Crippen LogP contribution is 2.14. The molecule has 0 aromatic heterocycles. The topological polar surface area (TPSA) is 72.2 Å². The zero-order valence-corrected chi connectivity index (χ0v) is 14.6. The molecule has 0 saturated carbocycles. The summed E-state index contributed by atoms with van der Waals surface area (Å²) in [6.45, 7) is 6.52. The molecule has 3 N–H and O–H groups in total. The summed E-state index contributed by atoms with van der Waals surface area (Å²) < 4.78 is 27.3. The molecule has 1 unspecified atom stereocenters. The molecule has 1 atom stereocenters. The van der Waals surface area contributed by atoms with Gasteiger partial charge in [-0.3, -0.25) is 0 Å². The quantitative estimate of drug-likeness (QED) is 0.767. The maximum Gasteiger partial charge on any atom is 0.240 e. The van der Waals surface area contributed by atoms with E-state index in [1.54, 1.807) is 12.1 Å². The van der Waals surface area contributed by atoms with Crippen molar-refractivity contribution in [1.29, 1.82) is 0 Å². The van der Waals surface area contributed by atoms with Crippen molar-refractivity contribution in [1.82, 2.24) is 4.72 Å². The molecule has 0 aliphatic heterocycles. The van der Waals surface area contributed by atoms with Crippen molar-refractivity contribution < 1.29 is 8.42 Å². The first kappa shape index (κ1) is 20.4. The molecule has 0 bridgehead atoms. The average Bonchev–Trinajstić information content (AvgIpc) is 2.38. The first-order chi connectivity index (χ1) is 9.39. The van der Waals surface area contributed by atoms with Crippen molar-refractivity contribution in [2.45, 2.75) is 51.0 Å². The summed E-state index contributed by atoms with van der Waals surface area (Å²) in [5.74, 6) is 0.401. The van der Waals surface area contributed by atoms with Crippen LogP contribution in [0.15, 0.2) is 29.2 Å². The molecule has 1 aromatic rings. The van der Waals surface area contributed by atoms with Gasteiger partial charge in [-0.05, 0) is 36.5 Å². The van der Waals surface area contributed by atoms with Crippen molar-refractivity contribution >= 4 is 22.4 Å². The number of nitrogens with one attached hydrogen (secondary N) is 1. The number of hydrogen-bond donors (Lipinski definition) is 2. The van der Waals surface area contributed by atoms with Crippen molar-refractivity contribution in [2.24, 2.45) is 11.7 Å². The predicted octanol–water partition coefficient (Wildman–Crippen LogP) is 2.71. The number of halogens is 1. The third-order valence-electron chi connectivity index (χ3n) is 3.13. The number of aryl methyl sites for hydroxylation is 1. The minimum absolute atomic E-state index is 0. The Kier molecular flexibility index (Phi) is 9.13. The highest BCUT2D eigenvalue weighted by molar-refractivity contribution is 7.89. The van der Waals surface area contributed by atoms with Crippen LogP contribution in [0.1, 0.15) is 39.2 Å². The number of hydrogen-bond acceptors (Lipinski definition) is 3. The molecule has 21 heavy (non-hydrogen) atoms. The minimum atomic E-state index is -3.48. The van der Waals surface area contributed by atoms with Gasteiger partial charge in [0.1, 0.15) is 0 Å². The molecule has 0 fully saturated rings. The third kappa shape index (κ3) is 6.78. The second-order valence-corrected chi connectivity index (χ2v) is 7.29. The third-order valence-corrected chi connectivity index (χ3v) is 4.67. The van der Waals surface area contributed by atoms with Crippen LogP contribution in [0.4, 0.5) is 0 Å².